The van der Waals surface area contributed by atoms with Crippen LogP contribution in [0.4, 0.5) is 10.5 Å². The van der Waals surface area contributed by atoms with Crippen LogP contribution in [-0.2, 0) is 44.9 Å². The van der Waals surface area contributed by atoms with Gasteiger partial charge in [0.25, 0.3) is 5.69 Å². The first-order valence-electron chi connectivity index (χ1n) is 14.1. The maximum absolute atomic E-state index is 13.9. The highest BCUT2D eigenvalue weighted by Crippen LogP contribution is 2.45. The second-order valence-electron chi connectivity index (χ2n) is 10.3. The predicted molar refractivity (Wildman–Crippen MR) is 155 cm³/mol. The SMILES string of the molecule is NCC(=O)N(C(=O)OCc1ccc([N+](=O)[O-])cc1)[C@H]1CON(OC(=O)C2(C(c3ccccc3)c3ccccc3)CCC(=O)O2)C1=O. The van der Waals surface area contributed by atoms with Gasteiger partial charge in [-0.25, -0.2) is 19.3 Å². The van der Waals surface area contributed by atoms with Crippen molar-refractivity contribution in [2.24, 2.45) is 5.73 Å². The van der Waals surface area contributed by atoms with Crippen LogP contribution in [0.15, 0.2) is 84.9 Å². The largest absolute Gasteiger partial charge is 0.446 e. The highest BCUT2D eigenvalue weighted by Gasteiger charge is 2.57. The fraction of sp³-hybridized carbons (Fsp3) is 0.258. The lowest BCUT2D eigenvalue weighted by Crippen LogP contribution is -2.53. The molecule has 5 rings (SSSR count). The third-order valence-corrected chi connectivity index (χ3v) is 7.52. The molecule has 0 saturated carbocycles. The molecule has 2 aliphatic rings. The number of nitrogens with zero attached hydrogens (tertiary/aromatic N) is 3. The van der Waals surface area contributed by atoms with Gasteiger partial charge in [-0.05, 0) is 34.0 Å². The Morgan fingerprint density at radius 2 is 1.61 bits per heavy atom. The second-order valence-corrected chi connectivity index (χ2v) is 10.3. The number of rotatable bonds is 10. The topological polar surface area (TPSA) is 198 Å². The van der Waals surface area contributed by atoms with Crippen LogP contribution in [0, 0.1) is 10.1 Å². The zero-order chi connectivity index (χ0) is 32.8. The molecule has 1 unspecified atom stereocenters. The first kappa shape index (κ1) is 31.7. The molecule has 2 heterocycles. The molecule has 0 aromatic heterocycles. The first-order valence-corrected chi connectivity index (χ1v) is 14.1. The van der Waals surface area contributed by atoms with E-state index in [1.165, 1.54) is 24.3 Å². The van der Waals surface area contributed by atoms with E-state index < -0.39 is 65.5 Å². The van der Waals surface area contributed by atoms with Gasteiger partial charge in [-0.2, -0.15) is 0 Å². The summed E-state index contributed by atoms with van der Waals surface area (Å²) >= 11 is 0. The van der Waals surface area contributed by atoms with Crippen molar-refractivity contribution >= 4 is 35.5 Å². The number of non-ortho nitro benzene ring substituents is 1. The molecule has 2 saturated heterocycles. The van der Waals surface area contributed by atoms with E-state index in [2.05, 4.69) is 0 Å². The Labute approximate surface area is 261 Å². The van der Waals surface area contributed by atoms with Gasteiger partial charge < -0.3 is 20.0 Å². The van der Waals surface area contributed by atoms with Crippen molar-refractivity contribution in [3.8, 4) is 0 Å². The normalized spacial score (nSPS) is 19.1. The van der Waals surface area contributed by atoms with Gasteiger partial charge in [0.1, 0.15) is 13.2 Å². The molecular formula is C31H28N4O11. The molecule has 3 aromatic carbocycles. The quantitative estimate of drug-likeness (QED) is 0.195. The number of imide groups is 1. The lowest BCUT2D eigenvalue weighted by molar-refractivity contribution is -0.384. The number of esters is 1. The van der Waals surface area contributed by atoms with Gasteiger partial charge >= 0.3 is 23.9 Å². The molecular weight excluding hydrogens is 604 g/mol. The van der Waals surface area contributed by atoms with Gasteiger partial charge in [-0.3, -0.25) is 24.5 Å². The Hall–Kier alpha value is -5.67. The van der Waals surface area contributed by atoms with E-state index in [9.17, 15) is 34.1 Å². The minimum atomic E-state index is -1.89. The van der Waals surface area contributed by atoms with Crippen molar-refractivity contribution in [1.82, 2.24) is 10.1 Å². The van der Waals surface area contributed by atoms with E-state index in [0.717, 1.165) is 0 Å². The summed E-state index contributed by atoms with van der Waals surface area (Å²) in [6.07, 6.45) is -1.42. The molecule has 0 aliphatic carbocycles. The van der Waals surface area contributed by atoms with Crippen molar-refractivity contribution in [3.05, 3.63) is 112 Å². The number of carbonyl (C=O) groups excluding carboxylic acids is 5. The smallest absolute Gasteiger partial charge is 0.417 e. The Kier molecular flexibility index (Phi) is 9.34. The lowest BCUT2D eigenvalue weighted by Gasteiger charge is -2.34. The molecule has 15 nitrogen and oxygen atoms in total. The zero-order valence-corrected chi connectivity index (χ0v) is 24.2. The van der Waals surface area contributed by atoms with Gasteiger partial charge in [0.2, 0.25) is 11.5 Å². The standard InChI is InChI=1S/C31H28N4O11/c32-17-25(36)33(30(40)43-18-20-11-13-23(14-12-20)34(41)42)24-19-44-35(28(24)38)46-29(39)31(16-15-26(37)45-31)27(21-7-3-1-4-8-21)22-9-5-2-6-10-22/h1-14,24,27H,15-19,32H2/t24-,31?/m0/s1. The lowest BCUT2D eigenvalue weighted by atomic mass is 9.76. The van der Waals surface area contributed by atoms with Gasteiger partial charge in [-0.15, -0.1) is 0 Å². The van der Waals surface area contributed by atoms with Crippen LogP contribution < -0.4 is 5.73 Å². The summed E-state index contributed by atoms with van der Waals surface area (Å²) in [6.45, 7) is -1.66. The van der Waals surface area contributed by atoms with Crippen LogP contribution in [0.1, 0.15) is 35.4 Å². The van der Waals surface area contributed by atoms with E-state index in [1.54, 1.807) is 60.7 Å². The first-order chi connectivity index (χ1) is 22.1. The summed E-state index contributed by atoms with van der Waals surface area (Å²) in [5.41, 5.74) is 5.07. The average molecular weight is 633 g/mol. The van der Waals surface area contributed by atoms with Crippen LogP contribution in [-0.4, -0.2) is 69.7 Å². The summed E-state index contributed by atoms with van der Waals surface area (Å²) in [4.78, 5) is 86.9. The number of ether oxygens (including phenoxy) is 2. The molecule has 0 radical (unpaired) electrons. The molecule has 2 atom stereocenters. The number of carbonyl (C=O) groups is 5. The van der Waals surface area contributed by atoms with Crippen molar-refractivity contribution < 1.29 is 48.0 Å². The number of hydroxylamine groups is 2. The van der Waals surface area contributed by atoms with Crippen molar-refractivity contribution in [2.75, 3.05) is 13.2 Å². The molecule has 0 bridgehead atoms. The molecule has 0 spiro atoms. The van der Waals surface area contributed by atoms with E-state index in [1.807, 2.05) is 0 Å². The summed E-state index contributed by atoms with van der Waals surface area (Å²) in [5.74, 6) is -4.67. The summed E-state index contributed by atoms with van der Waals surface area (Å²) in [7, 11) is 0. The van der Waals surface area contributed by atoms with Gasteiger partial charge in [0.05, 0.1) is 17.4 Å². The molecule has 3 aromatic rings. The van der Waals surface area contributed by atoms with Crippen LogP contribution in [0.3, 0.4) is 0 Å². The molecule has 15 heteroatoms. The van der Waals surface area contributed by atoms with Crippen molar-refractivity contribution in [3.63, 3.8) is 0 Å². The van der Waals surface area contributed by atoms with Gasteiger partial charge in [-0.1, -0.05) is 60.7 Å². The molecule has 2 fully saturated rings. The number of nitro benzene ring substituents is 1. The minimum absolute atomic E-state index is 0.0721. The molecule has 2 N–H and O–H groups in total. The number of nitrogens with two attached hydrogens (primary N) is 1. The fourth-order valence-corrected chi connectivity index (χ4v) is 5.31. The Bertz CT molecular complexity index is 1600. The fourth-order valence-electron chi connectivity index (χ4n) is 5.31. The summed E-state index contributed by atoms with van der Waals surface area (Å²) < 4.78 is 10.9. The number of hydrogen-bond donors (Lipinski definition) is 1. The Morgan fingerprint density at radius 3 is 2.13 bits per heavy atom. The second kappa shape index (κ2) is 13.5. The maximum atomic E-state index is 13.9. The molecule has 46 heavy (non-hydrogen) atoms. The molecule has 2 aliphatic heterocycles. The third kappa shape index (κ3) is 6.40. The zero-order valence-electron chi connectivity index (χ0n) is 24.2. The van der Waals surface area contributed by atoms with E-state index in [-0.39, 0.29) is 30.4 Å². The highest BCUT2D eigenvalue weighted by molar-refractivity contribution is 5.99. The number of amides is 3. The van der Waals surface area contributed by atoms with Crippen molar-refractivity contribution in [1.29, 1.82) is 0 Å². The summed E-state index contributed by atoms with van der Waals surface area (Å²) in [5, 5.41) is 11.1. The van der Waals surface area contributed by atoms with Crippen molar-refractivity contribution in [2.45, 2.75) is 37.0 Å². The van der Waals surface area contributed by atoms with Crippen LogP contribution >= 0.6 is 0 Å². The monoisotopic (exact) mass is 632 g/mol. The molecule has 3 amide bonds. The Balaban J connectivity index is 1.35. The Morgan fingerprint density at radius 1 is 1.00 bits per heavy atom. The number of nitro groups is 1. The number of benzene rings is 3. The summed E-state index contributed by atoms with van der Waals surface area (Å²) in [6, 6.07) is 21.2. The van der Waals surface area contributed by atoms with Crippen LogP contribution in [0.25, 0.3) is 0 Å². The predicted octanol–water partition coefficient (Wildman–Crippen LogP) is 2.53. The minimum Gasteiger partial charge on any atom is -0.446 e. The van der Waals surface area contributed by atoms with E-state index >= 15 is 0 Å². The third-order valence-electron chi connectivity index (χ3n) is 7.52. The van der Waals surface area contributed by atoms with E-state index in [0.29, 0.717) is 21.6 Å². The number of hydrogen-bond acceptors (Lipinski definition) is 12. The molecule has 238 valence electrons. The van der Waals surface area contributed by atoms with Gasteiger partial charge in [0.15, 0.2) is 6.04 Å². The maximum Gasteiger partial charge on any atom is 0.417 e. The van der Waals surface area contributed by atoms with Crippen LogP contribution in [0.2, 0.25) is 0 Å². The van der Waals surface area contributed by atoms with E-state index in [4.69, 9.17) is 24.9 Å². The average Bonchev–Trinajstić information content (AvgIpc) is 3.63. The van der Waals surface area contributed by atoms with Gasteiger partial charge in [0, 0.05) is 25.0 Å². The number of cyclic esters (lactones) is 1. The highest BCUT2D eigenvalue weighted by atomic mass is 17.0. The van der Waals surface area contributed by atoms with Crippen LogP contribution in [0.5, 0.6) is 0 Å².